The van der Waals surface area contributed by atoms with Crippen molar-refractivity contribution in [3.05, 3.63) is 78.0 Å². The molecule has 2 heterocycles. The number of carbonyl (C=O) groups is 1. The molecule has 2 atom stereocenters. The molecule has 0 aliphatic carbocycles. The summed E-state index contributed by atoms with van der Waals surface area (Å²) in [4.78, 5) is 19.5. The van der Waals surface area contributed by atoms with Crippen molar-refractivity contribution in [3.63, 3.8) is 0 Å². The molecule has 1 fully saturated rings. The Balaban J connectivity index is 1.34. The molecule has 4 rings (SSSR count). The molecule has 0 saturated carbocycles. The van der Waals surface area contributed by atoms with Crippen molar-refractivity contribution in [1.82, 2.24) is 10.3 Å². The van der Waals surface area contributed by atoms with Crippen LogP contribution in [0, 0.1) is 0 Å². The molecule has 1 aromatic heterocycles. The maximum absolute atomic E-state index is 12.6. The Morgan fingerprint density at radius 3 is 2.74 bits per heavy atom. The van der Waals surface area contributed by atoms with Gasteiger partial charge < -0.3 is 24.2 Å². The van der Waals surface area contributed by atoms with Gasteiger partial charge in [0, 0.05) is 19.3 Å². The first-order valence-corrected chi connectivity index (χ1v) is 12.7. The summed E-state index contributed by atoms with van der Waals surface area (Å²) in [5, 5.41) is 2.83. The second-order valence-electron chi connectivity index (χ2n) is 8.19. The highest BCUT2D eigenvalue weighted by molar-refractivity contribution is 7.79. The summed E-state index contributed by atoms with van der Waals surface area (Å²) in [6.45, 7) is 4.35. The minimum atomic E-state index is -2.05. The molecule has 1 amide bonds. The van der Waals surface area contributed by atoms with E-state index in [4.69, 9.17) is 9.47 Å². The van der Waals surface area contributed by atoms with Crippen LogP contribution in [0.3, 0.4) is 0 Å². The van der Waals surface area contributed by atoms with Gasteiger partial charge in [-0.05, 0) is 61.7 Å². The van der Waals surface area contributed by atoms with Crippen LogP contribution in [0.5, 0.6) is 11.5 Å². The lowest BCUT2D eigenvalue weighted by Crippen LogP contribution is -2.41. The van der Waals surface area contributed by atoms with E-state index in [1.54, 1.807) is 36.5 Å². The van der Waals surface area contributed by atoms with Crippen LogP contribution in [0.1, 0.15) is 35.7 Å². The average molecular weight is 496 g/mol. The molecule has 1 aliphatic rings. The van der Waals surface area contributed by atoms with E-state index in [1.165, 1.54) is 0 Å². The van der Waals surface area contributed by atoms with Gasteiger partial charge in [-0.3, -0.25) is 4.79 Å². The van der Waals surface area contributed by atoms with Crippen LogP contribution in [0.25, 0.3) is 0 Å². The Kier molecular flexibility index (Phi) is 8.33. The topological polar surface area (TPSA) is 101 Å². The van der Waals surface area contributed by atoms with Gasteiger partial charge in [0.2, 0.25) is 0 Å². The highest BCUT2D eigenvalue weighted by Gasteiger charge is 2.23. The minimum Gasteiger partial charge on any atom is -0.490 e. The molecule has 0 radical (unpaired) electrons. The summed E-state index contributed by atoms with van der Waals surface area (Å²) in [7, 11) is 0. The van der Waals surface area contributed by atoms with Crippen LogP contribution in [-0.4, -0.2) is 45.5 Å². The van der Waals surface area contributed by atoms with E-state index in [0.717, 1.165) is 42.3 Å². The van der Waals surface area contributed by atoms with Gasteiger partial charge in [0.05, 0.1) is 23.6 Å². The first kappa shape index (κ1) is 24.7. The number of hydrogen-bond donors (Lipinski definition) is 2. The van der Waals surface area contributed by atoms with E-state index in [9.17, 15) is 13.6 Å². The molecular weight excluding hydrogens is 466 g/mol. The molecule has 2 unspecified atom stereocenters. The summed E-state index contributed by atoms with van der Waals surface area (Å²) in [5.74, 6) is 2.03. The standard InChI is InChI=1S/C26H29N3O5S/c1-2-33-23-10-3-4-11-24(23)34-21-8-6-14-29(18-21)25-13-12-20(17-27-25)26(30)28-16-19-7-5-9-22(15-19)35(31)32/h3-5,7,9-13,15,17,21H,2,6,8,14,16,18H2,1H3,(H,28,30)(H,31,32). The summed E-state index contributed by atoms with van der Waals surface area (Å²) in [5.41, 5.74) is 1.19. The Labute approximate surface area is 207 Å². The number of nitrogens with zero attached hydrogens (tertiary/aromatic N) is 2. The lowest BCUT2D eigenvalue weighted by Gasteiger charge is -2.34. The third-order valence-electron chi connectivity index (χ3n) is 5.71. The normalized spacial score (nSPS) is 16.4. The van der Waals surface area contributed by atoms with Gasteiger partial charge in [0.1, 0.15) is 11.9 Å². The number of carbonyl (C=O) groups excluding carboxylic acids is 1. The van der Waals surface area contributed by atoms with Crippen LogP contribution < -0.4 is 19.7 Å². The number of pyridine rings is 1. The highest BCUT2D eigenvalue weighted by Crippen LogP contribution is 2.29. The van der Waals surface area contributed by atoms with Crippen LogP contribution >= 0.6 is 0 Å². The largest absolute Gasteiger partial charge is 0.490 e. The van der Waals surface area contributed by atoms with Crippen molar-refractivity contribution in [1.29, 1.82) is 0 Å². The van der Waals surface area contributed by atoms with Gasteiger partial charge >= 0.3 is 0 Å². The second-order valence-corrected chi connectivity index (χ2v) is 9.16. The van der Waals surface area contributed by atoms with Crippen LogP contribution in [0.2, 0.25) is 0 Å². The van der Waals surface area contributed by atoms with Crippen molar-refractivity contribution >= 4 is 22.8 Å². The van der Waals surface area contributed by atoms with Crippen molar-refractivity contribution < 1.29 is 23.0 Å². The first-order chi connectivity index (χ1) is 17.0. The number of nitrogens with one attached hydrogen (secondary N) is 1. The number of ether oxygens (including phenoxy) is 2. The number of hydrogen-bond acceptors (Lipinski definition) is 6. The Morgan fingerprint density at radius 1 is 1.17 bits per heavy atom. The van der Waals surface area contributed by atoms with E-state index in [-0.39, 0.29) is 18.6 Å². The Hall–Kier alpha value is -3.43. The van der Waals surface area contributed by atoms with Crippen molar-refractivity contribution in [2.75, 3.05) is 24.6 Å². The molecule has 2 aromatic carbocycles. The number of aromatic nitrogens is 1. The first-order valence-electron chi connectivity index (χ1n) is 11.6. The SMILES string of the molecule is CCOc1ccccc1OC1CCCN(c2ccc(C(=O)NCc3cccc(S(=O)O)c3)cn2)C1. The second kappa shape index (κ2) is 11.8. The summed E-state index contributed by atoms with van der Waals surface area (Å²) < 4.78 is 32.4. The Morgan fingerprint density at radius 2 is 2.00 bits per heavy atom. The smallest absolute Gasteiger partial charge is 0.253 e. The number of para-hydroxylation sites is 2. The quantitative estimate of drug-likeness (QED) is 0.432. The number of rotatable bonds is 9. The van der Waals surface area contributed by atoms with Crippen molar-refractivity contribution in [3.8, 4) is 11.5 Å². The Bertz CT molecular complexity index is 1170. The van der Waals surface area contributed by atoms with E-state index < -0.39 is 11.1 Å². The third kappa shape index (κ3) is 6.58. The maximum atomic E-state index is 12.6. The molecule has 8 nitrogen and oxygen atoms in total. The summed E-state index contributed by atoms with van der Waals surface area (Å²) >= 11 is -2.05. The maximum Gasteiger partial charge on any atom is 0.253 e. The van der Waals surface area contributed by atoms with Gasteiger partial charge in [-0.2, -0.15) is 0 Å². The monoisotopic (exact) mass is 495 g/mol. The average Bonchev–Trinajstić information content (AvgIpc) is 2.89. The number of anilines is 1. The van der Waals surface area contributed by atoms with Crippen molar-refractivity contribution in [2.24, 2.45) is 0 Å². The van der Waals surface area contributed by atoms with E-state index in [2.05, 4.69) is 15.2 Å². The van der Waals surface area contributed by atoms with E-state index in [0.29, 0.717) is 23.6 Å². The molecule has 1 saturated heterocycles. The lowest BCUT2D eigenvalue weighted by atomic mass is 10.1. The molecule has 0 bridgehead atoms. The summed E-state index contributed by atoms with van der Waals surface area (Å²) in [6, 6.07) is 18.0. The van der Waals surface area contributed by atoms with Crippen LogP contribution in [-0.2, 0) is 17.6 Å². The van der Waals surface area contributed by atoms with Crippen molar-refractivity contribution in [2.45, 2.75) is 37.3 Å². The molecule has 3 aromatic rings. The highest BCUT2D eigenvalue weighted by atomic mass is 32.2. The lowest BCUT2D eigenvalue weighted by molar-refractivity contribution is 0.0950. The fourth-order valence-electron chi connectivity index (χ4n) is 4.00. The molecule has 0 spiro atoms. The zero-order valence-electron chi connectivity index (χ0n) is 19.6. The number of piperidine rings is 1. The fourth-order valence-corrected chi connectivity index (χ4v) is 4.45. The van der Waals surface area contributed by atoms with Gasteiger partial charge in [-0.15, -0.1) is 0 Å². The molecule has 9 heteroatoms. The van der Waals surface area contributed by atoms with Gasteiger partial charge in [0.15, 0.2) is 22.6 Å². The van der Waals surface area contributed by atoms with Crippen LogP contribution in [0.4, 0.5) is 5.82 Å². The summed E-state index contributed by atoms with van der Waals surface area (Å²) in [6.07, 6.45) is 3.50. The fraction of sp³-hybridized carbons (Fsp3) is 0.308. The molecular formula is C26H29N3O5S. The molecule has 184 valence electrons. The number of amides is 1. The minimum absolute atomic E-state index is 0.0131. The predicted molar refractivity (Wildman–Crippen MR) is 134 cm³/mol. The third-order valence-corrected chi connectivity index (χ3v) is 6.37. The van der Waals surface area contributed by atoms with Gasteiger partial charge in [-0.1, -0.05) is 24.3 Å². The van der Waals surface area contributed by atoms with Crippen LogP contribution in [0.15, 0.2) is 71.8 Å². The number of benzene rings is 2. The van der Waals surface area contributed by atoms with E-state index in [1.807, 2.05) is 37.3 Å². The molecule has 2 N–H and O–H groups in total. The zero-order chi connectivity index (χ0) is 24.6. The predicted octanol–water partition coefficient (Wildman–Crippen LogP) is 4.04. The molecule has 35 heavy (non-hydrogen) atoms. The zero-order valence-corrected chi connectivity index (χ0v) is 20.4. The van der Waals surface area contributed by atoms with Gasteiger partial charge in [-0.25, -0.2) is 9.19 Å². The molecule has 1 aliphatic heterocycles. The van der Waals surface area contributed by atoms with Gasteiger partial charge in [0.25, 0.3) is 5.91 Å². The van der Waals surface area contributed by atoms with E-state index >= 15 is 0 Å².